The Balaban J connectivity index is 2.03. The molecule has 2 aromatic rings. The lowest BCUT2D eigenvalue weighted by molar-refractivity contribution is 0.475. The van der Waals surface area contributed by atoms with E-state index in [4.69, 9.17) is 11.6 Å². The smallest absolute Gasteiger partial charge is 0.146 e. The predicted octanol–water partition coefficient (Wildman–Crippen LogP) is 2.89. The summed E-state index contributed by atoms with van der Waals surface area (Å²) in [5.41, 5.74) is 3.57. The highest BCUT2D eigenvalue weighted by molar-refractivity contribution is 6.32. The van der Waals surface area contributed by atoms with Crippen molar-refractivity contribution in [2.75, 3.05) is 5.43 Å². The zero-order valence-electron chi connectivity index (χ0n) is 8.84. The molecule has 0 amide bonds. The molecule has 2 rings (SSSR count). The molecule has 0 aliphatic heterocycles. The topological polar surface area (TPSA) is 57.5 Å². The van der Waals surface area contributed by atoms with E-state index in [1.54, 1.807) is 30.6 Å². The molecule has 2 N–H and O–H groups in total. The number of nitrogens with one attached hydrogen (secondary N) is 1. The number of phenolic OH excluding ortho intramolecular Hbond substituents is 1. The highest BCUT2D eigenvalue weighted by Gasteiger charge is 1.97. The third-order valence-electron chi connectivity index (χ3n) is 2.03. The van der Waals surface area contributed by atoms with Crippen LogP contribution in [0.1, 0.15) is 5.56 Å². The summed E-state index contributed by atoms with van der Waals surface area (Å²) in [6.07, 6.45) is 3.27. The Morgan fingerprint density at radius 2 is 2.18 bits per heavy atom. The molecule has 1 aromatic carbocycles. The number of hydrogen-bond donors (Lipinski definition) is 2. The molecule has 0 radical (unpaired) electrons. The highest BCUT2D eigenvalue weighted by atomic mass is 35.5. The minimum absolute atomic E-state index is 0.0569. The van der Waals surface area contributed by atoms with Crippen molar-refractivity contribution >= 4 is 23.6 Å². The van der Waals surface area contributed by atoms with Gasteiger partial charge < -0.3 is 5.11 Å². The predicted molar refractivity (Wildman–Crippen MR) is 68.6 cm³/mol. The maximum Gasteiger partial charge on any atom is 0.146 e. The van der Waals surface area contributed by atoms with Crippen LogP contribution >= 0.6 is 11.6 Å². The van der Waals surface area contributed by atoms with E-state index in [9.17, 15) is 5.11 Å². The van der Waals surface area contributed by atoms with Crippen LogP contribution in [-0.2, 0) is 0 Å². The van der Waals surface area contributed by atoms with Gasteiger partial charge in [-0.2, -0.15) is 5.10 Å². The molecule has 0 aliphatic carbocycles. The Bertz CT molecular complexity index is 529. The molecule has 4 nitrogen and oxygen atoms in total. The number of hydrogen-bond acceptors (Lipinski definition) is 4. The zero-order valence-corrected chi connectivity index (χ0v) is 9.59. The number of rotatable bonds is 3. The van der Waals surface area contributed by atoms with Crippen molar-refractivity contribution in [2.45, 2.75) is 0 Å². The molecular formula is C12H10ClN3O. The summed E-state index contributed by atoms with van der Waals surface area (Å²) in [5, 5.41) is 13.5. The average molecular weight is 248 g/mol. The van der Waals surface area contributed by atoms with E-state index in [0.717, 1.165) is 5.56 Å². The first kappa shape index (κ1) is 11.4. The van der Waals surface area contributed by atoms with Crippen LogP contribution in [0.25, 0.3) is 0 Å². The summed E-state index contributed by atoms with van der Waals surface area (Å²) in [4.78, 5) is 4.05. The lowest BCUT2D eigenvalue weighted by atomic mass is 10.2. The molecule has 1 aromatic heterocycles. The Kier molecular flexibility index (Phi) is 3.57. The third-order valence-corrected chi connectivity index (χ3v) is 2.33. The first-order valence-corrected chi connectivity index (χ1v) is 5.32. The number of halogens is 1. The van der Waals surface area contributed by atoms with Crippen molar-refractivity contribution in [3.05, 3.63) is 53.2 Å². The van der Waals surface area contributed by atoms with Crippen LogP contribution in [0.5, 0.6) is 5.75 Å². The lowest BCUT2D eigenvalue weighted by Crippen LogP contribution is -1.92. The van der Waals surface area contributed by atoms with Gasteiger partial charge in [0.25, 0.3) is 0 Å². The Hall–Kier alpha value is -2.07. The first-order valence-electron chi connectivity index (χ1n) is 4.94. The van der Waals surface area contributed by atoms with Crippen LogP contribution in [0.3, 0.4) is 0 Å². The van der Waals surface area contributed by atoms with Crippen LogP contribution < -0.4 is 5.43 Å². The summed E-state index contributed by atoms with van der Waals surface area (Å²) in [5.74, 6) is 0.718. The SMILES string of the molecule is Oc1ccc(C=NNc2ccccn2)cc1Cl. The summed E-state index contributed by atoms with van der Waals surface area (Å²) in [7, 11) is 0. The number of aromatic hydroxyl groups is 1. The van der Waals surface area contributed by atoms with E-state index in [2.05, 4.69) is 15.5 Å². The van der Waals surface area contributed by atoms with Crippen LogP contribution in [0.4, 0.5) is 5.82 Å². The standard InChI is InChI=1S/C12H10ClN3O/c13-10-7-9(4-5-11(10)17)8-15-16-12-3-1-2-6-14-12/h1-8,17H,(H,14,16). The van der Waals surface area contributed by atoms with E-state index < -0.39 is 0 Å². The van der Waals surface area contributed by atoms with Gasteiger partial charge in [0.15, 0.2) is 0 Å². The van der Waals surface area contributed by atoms with Gasteiger partial charge in [0.05, 0.1) is 11.2 Å². The van der Waals surface area contributed by atoms with Crippen LogP contribution in [0, 0.1) is 0 Å². The second kappa shape index (κ2) is 5.32. The molecule has 0 unspecified atom stereocenters. The van der Waals surface area contributed by atoms with Crippen molar-refractivity contribution < 1.29 is 5.11 Å². The molecule has 0 fully saturated rings. The largest absolute Gasteiger partial charge is 0.506 e. The molecule has 0 aliphatic rings. The molecule has 5 heteroatoms. The Labute approximate surface area is 104 Å². The maximum absolute atomic E-state index is 9.25. The molecule has 0 saturated heterocycles. The molecule has 0 spiro atoms. The summed E-state index contributed by atoms with van der Waals surface area (Å²) in [6, 6.07) is 10.4. The number of aromatic nitrogens is 1. The van der Waals surface area contributed by atoms with E-state index in [0.29, 0.717) is 10.8 Å². The number of nitrogens with zero attached hydrogens (tertiary/aromatic N) is 2. The van der Waals surface area contributed by atoms with Crippen molar-refractivity contribution in [3.63, 3.8) is 0 Å². The fraction of sp³-hybridized carbons (Fsp3) is 0. The number of anilines is 1. The van der Waals surface area contributed by atoms with Gasteiger partial charge in [0, 0.05) is 6.20 Å². The minimum Gasteiger partial charge on any atom is -0.506 e. The van der Waals surface area contributed by atoms with Gasteiger partial charge in [-0.15, -0.1) is 0 Å². The van der Waals surface area contributed by atoms with Crippen LogP contribution in [0.2, 0.25) is 5.02 Å². The van der Waals surface area contributed by atoms with Crippen molar-refractivity contribution in [1.82, 2.24) is 4.98 Å². The lowest BCUT2D eigenvalue weighted by Gasteiger charge is -1.99. The van der Waals surface area contributed by atoms with Crippen LogP contribution in [-0.4, -0.2) is 16.3 Å². The van der Waals surface area contributed by atoms with Crippen molar-refractivity contribution in [3.8, 4) is 5.75 Å². The quantitative estimate of drug-likeness (QED) is 0.648. The molecule has 0 saturated carbocycles. The number of hydrazone groups is 1. The van der Waals surface area contributed by atoms with Gasteiger partial charge >= 0.3 is 0 Å². The number of pyridine rings is 1. The van der Waals surface area contributed by atoms with Gasteiger partial charge in [0.2, 0.25) is 0 Å². The molecule has 17 heavy (non-hydrogen) atoms. The van der Waals surface area contributed by atoms with Gasteiger partial charge in [-0.25, -0.2) is 4.98 Å². The minimum atomic E-state index is 0.0569. The normalized spacial score (nSPS) is 10.6. The third kappa shape index (κ3) is 3.19. The van der Waals surface area contributed by atoms with Crippen molar-refractivity contribution in [2.24, 2.45) is 5.10 Å². The molecule has 0 atom stereocenters. The van der Waals surface area contributed by atoms with Crippen molar-refractivity contribution in [1.29, 1.82) is 0 Å². The van der Waals surface area contributed by atoms with E-state index >= 15 is 0 Å². The van der Waals surface area contributed by atoms with Gasteiger partial charge in [-0.05, 0) is 35.9 Å². The molecule has 1 heterocycles. The average Bonchev–Trinajstić information content (AvgIpc) is 2.35. The highest BCUT2D eigenvalue weighted by Crippen LogP contribution is 2.22. The summed E-state index contributed by atoms with van der Waals surface area (Å²) in [6.45, 7) is 0. The molecular weight excluding hydrogens is 238 g/mol. The monoisotopic (exact) mass is 247 g/mol. The van der Waals surface area contributed by atoms with E-state index in [1.807, 2.05) is 12.1 Å². The Morgan fingerprint density at radius 3 is 2.88 bits per heavy atom. The van der Waals surface area contributed by atoms with Gasteiger partial charge in [-0.3, -0.25) is 5.43 Å². The Morgan fingerprint density at radius 1 is 1.29 bits per heavy atom. The second-order valence-electron chi connectivity index (χ2n) is 3.30. The maximum atomic E-state index is 9.25. The second-order valence-corrected chi connectivity index (χ2v) is 3.70. The number of phenols is 1. The molecule has 0 bridgehead atoms. The van der Waals surface area contributed by atoms with E-state index in [1.165, 1.54) is 6.07 Å². The zero-order chi connectivity index (χ0) is 12.1. The van der Waals surface area contributed by atoms with Crippen LogP contribution in [0.15, 0.2) is 47.7 Å². The molecule has 86 valence electrons. The summed E-state index contributed by atoms with van der Waals surface area (Å²) < 4.78 is 0. The fourth-order valence-corrected chi connectivity index (χ4v) is 1.39. The fourth-order valence-electron chi connectivity index (χ4n) is 1.21. The summed E-state index contributed by atoms with van der Waals surface area (Å²) >= 11 is 5.77. The number of benzene rings is 1. The van der Waals surface area contributed by atoms with Gasteiger partial charge in [0.1, 0.15) is 11.6 Å². The first-order chi connectivity index (χ1) is 8.25. The van der Waals surface area contributed by atoms with Gasteiger partial charge in [-0.1, -0.05) is 17.7 Å². The van der Waals surface area contributed by atoms with E-state index in [-0.39, 0.29) is 5.75 Å².